The summed E-state index contributed by atoms with van der Waals surface area (Å²) in [5.41, 5.74) is 5.45. The summed E-state index contributed by atoms with van der Waals surface area (Å²) in [6.45, 7) is 4.95. The fourth-order valence-electron chi connectivity index (χ4n) is 3.98. The van der Waals surface area contributed by atoms with Gasteiger partial charge in [0.15, 0.2) is 0 Å². The number of anilines is 3. The zero-order valence-electron chi connectivity index (χ0n) is 19.1. The van der Waals surface area contributed by atoms with Gasteiger partial charge in [0.1, 0.15) is 5.75 Å². The van der Waals surface area contributed by atoms with Crippen molar-refractivity contribution in [1.29, 1.82) is 0 Å². The van der Waals surface area contributed by atoms with E-state index in [0.29, 0.717) is 12.2 Å². The molecule has 2 N–H and O–H groups in total. The van der Waals surface area contributed by atoms with E-state index in [1.54, 1.807) is 13.3 Å². The van der Waals surface area contributed by atoms with Crippen molar-refractivity contribution in [3.8, 4) is 5.75 Å². The lowest BCUT2D eigenvalue weighted by Crippen LogP contribution is -2.17. The van der Waals surface area contributed by atoms with Gasteiger partial charge < -0.3 is 20.1 Å². The molecule has 0 aliphatic carbocycles. The van der Waals surface area contributed by atoms with E-state index in [0.717, 1.165) is 30.0 Å². The molecule has 0 saturated heterocycles. The number of carboxylic acids is 1. The maximum atomic E-state index is 11.5. The summed E-state index contributed by atoms with van der Waals surface area (Å²) >= 11 is 0. The van der Waals surface area contributed by atoms with Gasteiger partial charge in [-0.05, 0) is 54.3 Å². The number of hydrogen-bond donors (Lipinski definition) is 2. The zero-order chi connectivity index (χ0) is 23.1. The van der Waals surface area contributed by atoms with Gasteiger partial charge in [0.2, 0.25) is 0 Å². The minimum atomic E-state index is -0.957. The van der Waals surface area contributed by atoms with Crippen molar-refractivity contribution in [2.75, 3.05) is 30.9 Å². The molecule has 6 nitrogen and oxygen atoms in total. The lowest BCUT2D eigenvalue weighted by Gasteiger charge is -2.25. The Morgan fingerprint density at radius 2 is 1.97 bits per heavy atom. The molecule has 0 aliphatic rings. The normalized spacial score (nSPS) is 11.6. The van der Waals surface area contributed by atoms with Crippen LogP contribution < -0.4 is 15.0 Å². The Balaban J connectivity index is 1.85. The fraction of sp³-hybridized carbons (Fsp3) is 0.308. The molecule has 3 rings (SSSR count). The number of aryl methyl sites for hydroxylation is 1. The van der Waals surface area contributed by atoms with Gasteiger partial charge in [0, 0.05) is 31.4 Å². The van der Waals surface area contributed by atoms with Crippen molar-refractivity contribution in [3.05, 3.63) is 77.6 Å². The molecule has 1 heterocycles. The molecule has 2 aromatic carbocycles. The predicted octanol–water partition coefficient (Wildman–Crippen LogP) is 5.72. The number of benzene rings is 2. The van der Waals surface area contributed by atoms with Gasteiger partial charge in [0.25, 0.3) is 0 Å². The Morgan fingerprint density at radius 3 is 2.66 bits per heavy atom. The van der Waals surface area contributed by atoms with E-state index < -0.39 is 5.97 Å². The highest BCUT2D eigenvalue weighted by molar-refractivity contribution is 5.93. The molecule has 0 amide bonds. The second-order valence-corrected chi connectivity index (χ2v) is 7.68. The number of carbonyl (C=O) groups is 1. The van der Waals surface area contributed by atoms with Crippen LogP contribution in [-0.4, -0.2) is 36.8 Å². The SMILES string of the molecule is CCc1cc(N(C)c2ccccc2OC)ccc1[C@@H](CC)CNc1cnccc1C(=O)O. The molecule has 6 heteroatoms. The van der Waals surface area contributed by atoms with Crippen LogP contribution in [0.4, 0.5) is 17.1 Å². The maximum Gasteiger partial charge on any atom is 0.337 e. The summed E-state index contributed by atoms with van der Waals surface area (Å²) in [4.78, 5) is 17.7. The predicted molar refractivity (Wildman–Crippen MR) is 130 cm³/mol. The van der Waals surface area contributed by atoms with E-state index in [9.17, 15) is 9.90 Å². The van der Waals surface area contributed by atoms with Gasteiger partial charge in [-0.2, -0.15) is 0 Å². The monoisotopic (exact) mass is 433 g/mol. The average Bonchev–Trinajstić information content (AvgIpc) is 2.84. The van der Waals surface area contributed by atoms with E-state index in [1.165, 1.54) is 23.4 Å². The zero-order valence-corrected chi connectivity index (χ0v) is 19.1. The highest BCUT2D eigenvalue weighted by Crippen LogP contribution is 2.35. The highest BCUT2D eigenvalue weighted by Gasteiger charge is 2.17. The van der Waals surface area contributed by atoms with Crippen molar-refractivity contribution in [2.45, 2.75) is 32.6 Å². The van der Waals surface area contributed by atoms with Crippen LogP contribution in [0.25, 0.3) is 0 Å². The minimum Gasteiger partial charge on any atom is -0.495 e. The Bertz CT molecular complexity index is 1070. The van der Waals surface area contributed by atoms with Crippen LogP contribution in [0.15, 0.2) is 60.9 Å². The van der Waals surface area contributed by atoms with Crippen LogP contribution in [0.2, 0.25) is 0 Å². The second kappa shape index (κ2) is 10.7. The molecule has 1 atom stereocenters. The van der Waals surface area contributed by atoms with Crippen molar-refractivity contribution in [2.24, 2.45) is 0 Å². The van der Waals surface area contributed by atoms with Crippen LogP contribution >= 0.6 is 0 Å². The number of methoxy groups -OCH3 is 1. The second-order valence-electron chi connectivity index (χ2n) is 7.68. The third kappa shape index (κ3) is 5.02. The number of rotatable bonds is 10. The number of ether oxygens (including phenoxy) is 1. The summed E-state index contributed by atoms with van der Waals surface area (Å²) < 4.78 is 5.53. The fourth-order valence-corrected chi connectivity index (χ4v) is 3.98. The molecule has 0 fully saturated rings. The van der Waals surface area contributed by atoms with E-state index in [4.69, 9.17) is 4.74 Å². The summed E-state index contributed by atoms with van der Waals surface area (Å²) in [5.74, 6) is 0.122. The first-order valence-corrected chi connectivity index (χ1v) is 10.9. The summed E-state index contributed by atoms with van der Waals surface area (Å²) in [7, 11) is 3.73. The van der Waals surface area contributed by atoms with Crippen LogP contribution in [0.3, 0.4) is 0 Å². The number of aromatic carboxylic acids is 1. The lowest BCUT2D eigenvalue weighted by atomic mass is 9.90. The first-order chi connectivity index (χ1) is 15.5. The quantitative estimate of drug-likeness (QED) is 0.426. The number of aromatic nitrogens is 1. The maximum absolute atomic E-state index is 11.5. The third-order valence-electron chi connectivity index (χ3n) is 5.86. The molecule has 0 unspecified atom stereocenters. The van der Waals surface area contributed by atoms with Gasteiger partial charge >= 0.3 is 5.97 Å². The molecular weight excluding hydrogens is 402 g/mol. The molecule has 3 aromatic rings. The van der Waals surface area contributed by atoms with Crippen molar-refractivity contribution in [3.63, 3.8) is 0 Å². The van der Waals surface area contributed by atoms with E-state index in [1.807, 2.05) is 31.3 Å². The Morgan fingerprint density at radius 1 is 1.19 bits per heavy atom. The molecule has 0 bridgehead atoms. The summed E-state index contributed by atoms with van der Waals surface area (Å²) in [6.07, 6.45) is 4.91. The molecule has 0 radical (unpaired) electrons. The largest absolute Gasteiger partial charge is 0.495 e. The van der Waals surface area contributed by atoms with Crippen LogP contribution in [0.1, 0.15) is 47.7 Å². The minimum absolute atomic E-state index is 0.236. The standard InChI is InChI=1S/C26H31N3O3/c1-5-18-15-20(29(3)24-9-7-8-10-25(24)32-4)11-12-21(18)19(6-2)16-28-23-17-27-14-13-22(23)26(30)31/h7-15,17,19,28H,5-6,16H2,1-4H3,(H,30,31)/t19-/m0/s1. The molecule has 0 saturated carbocycles. The Kier molecular flexibility index (Phi) is 7.71. The number of pyridine rings is 1. The Labute approximate surface area is 189 Å². The Hall–Kier alpha value is -3.54. The van der Waals surface area contributed by atoms with Crippen LogP contribution in [0, 0.1) is 0 Å². The first kappa shape index (κ1) is 23.1. The van der Waals surface area contributed by atoms with Gasteiger partial charge in [-0.25, -0.2) is 4.79 Å². The van der Waals surface area contributed by atoms with Crippen LogP contribution in [-0.2, 0) is 6.42 Å². The lowest BCUT2D eigenvalue weighted by molar-refractivity contribution is 0.0697. The number of carboxylic acid groups (broad SMARTS) is 1. The molecule has 0 aliphatic heterocycles. The van der Waals surface area contributed by atoms with Crippen molar-refractivity contribution < 1.29 is 14.6 Å². The highest BCUT2D eigenvalue weighted by atomic mass is 16.5. The molecule has 32 heavy (non-hydrogen) atoms. The first-order valence-electron chi connectivity index (χ1n) is 10.9. The molecule has 0 spiro atoms. The van der Waals surface area contributed by atoms with Gasteiger partial charge in [-0.3, -0.25) is 4.98 Å². The average molecular weight is 434 g/mol. The molecule has 168 valence electrons. The van der Waals surface area contributed by atoms with E-state index in [-0.39, 0.29) is 11.5 Å². The third-order valence-corrected chi connectivity index (χ3v) is 5.86. The van der Waals surface area contributed by atoms with Gasteiger partial charge in [-0.15, -0.1) is 0 Å². The van der Waals surface area contributed by atoms with E-state index >= 15 is 0 Å². The number of para-hydroxylation sites is 2. The van der Waals surface area contributed by atoms with Crippen molar-refractivity contribution >= 4 is 23.0 Å². The summed E-state index contributed by atoms with van der Waals surface area (Å²) in [6, 6.07) is 16.1. The van der Waals surface area contributed by atoms with Crippen molar-refractivity contribution in [1.82, 2.24) is 4.98 Å². The number of hydrogen-bond acceptors (Lipinski definition) is 5. The number of nitrogens with zero attached hydrogens (tertiary/aromatic N) is 2. The topological polar surface area (TPSA) is 74.7 Å². The number of nitrogens with one attached hydrogen (secondary N) is 1. The van der Waals surface area contributed by atoms with E-state index in [2.05, 4.69) is 47.2 Å². The molecular formula is C26H31N3O3. The van der Waals surface area contributed by atoms with Gasteiger partial charge in [-0.1, -0.05) is 32.0 Å². The summed E-state index contributed by atoms with van der Waals surface area (Å²) in [5, 5.41) is 12.7. The smallest absolute Gasteiger partial charge is 0.337 e. The molecule has 1 aromatic heterocycles. The van der Waals surface area contributed by atoms with Crippen LogP contribution in [0.5, 0.6) is 5.75 Å². The van der Waals surface area contributed by atoms with Gasteiger partial charge in [0.05, 0.1) is 30.2 Å².